The summed E-state index contributed by atoms with van der Waals surface area (Å²) in [4.78, 5) is 24.6. The summed E-state index contributed by atoms with van der Waals surface area (Å²) < 4.78 is 10.8. The lowest BCUT2D eigenvalue weighted by Gasteiger charge is -2.15. The van der Waals surface area contributed by atoms with Gasteiger partial charge >= 0.3 is 11.9 Å². The molecule has 0 aromatic heterocycles. The first-order valence-electron chi connectivity index (χ1n) is 33.4. The van der Waals surface area contributed by atoms with Crippen molar-refractivity contribution in [3.63, 3.8) is 0 Å². The van der Waals surface area contributed by atoms with Crippen LogP contribution in [0.15, 0.2) is 109 Å². The molecule has 1 N–H and O–H groups in total. The van der Waals surface area contributed by atoms with E-state index in [0.29, 0.717) is 12.8 Å². The zero-order valence-electron chi connectivity index (χ0n) is 51.4. The quantitative estimate of drug-likeness (QED) is 0.0373. The van der Waals surface area contributed by atoms with Crippen molar-refractivity contribution in [3.05, 3.63) is 109 Å². The lowest BCUT2D eigenvalue weighted by molar-refractivity contribution is -0.161. The van der Waals surface area contributed by atoms with Crippen LogP contribution in [-0.2, 0) is 19.1 Å². The summed E-state index contributed by atoms with van der Waals surface area (Å²) in [5.41, 5.74) is 0. The molecule has 5 nitrogen and oxygen atoms in total. The molecule has 0 fully saturated rings. The van der Waals surface area contributed by atoms with Crippen LogP contribution in [0, 0.1) is 0 Å². The van der Waals surface area contributed by atoms with Gasteiger partial charge in [0, 0.05) is 12.8 Å². The second-order valence-corrected chi connectivity index (χ2v) is 22.2. The Balaban J connectivity index is 3.48. The Labute approximate surface area is 484 Å². The zero-order chi connectivity index (χ0) is 56.2. The number of esters is 2. The Morgan fingerprint density at radius 2 is 0.551 bits per heavy atom. The molecule has 448 valence electrons. The van der Waals surface area contributed by atoms with Gasteiger partial charge in [-0.15, -0.1) is 0 Å². The Bertz CT molecular complexity index is 1510. The molecule has 0 aromatic rings. The SMILES string of the molecule is CC/C=C\C/C=C\C/C=C\C/C=C\C/C=C\C/C=C\C/C=C\CCCCCCCCCCCCCCCCCC(=O)OC(CO)COC(=O)CCCCCCCCCCCCCCCCC/C=C\C/C=C\CCCCCCC. The van der Waals surface area contributed by atoms with Crippen molar-refractivity contribution in [1.29, 1.82) is 0 Å². The van der Waals surface area contributed by atoms with Gasteiger partial charge in [-0.25, -0.2) is 0 Å². The van der Waals surface area contributed by atoms with Crippen LogP contribution in [0.4, 0.5) is 0 Å². The molecular formula is C73H126O5. The Morgan fingerprint density at radius 3 is 0.833 bits per heavy atom. The minimum atomic E-state index is -0.778. The highest BCUT2D eigenvalue weighted by Crippen LogP contribution is 2.17. The molecule has 0 spiro atoms. The molecule has 0 rings (SSSR count). The van der Waals surface area contributed by atoms with Gasteiger partial charge in [0.2, 0.25) is 0 Å². The maximum absolute atomic E-state index is 12.4. The fourth-order valence-corrected chi connectivity index (χ4v) is 9.57. The van der Waals surface area contributed by atoms with E-state index in [1.165, 1.54) is 205 Å². The summed E-state index contributed by atoms with van der Waals surface area (Å²) in [6.45, 7) is 4.05. The molecule has 0 bridgehead atoms. The Morgan fingerprint density at radius 1 is 0.308 bits per heavy atom. The van der Waals surface area contributed by atoms with E-state index in [-0.39, 0.29) is 25.2 Å². The van der Waals surface area contributed by atoms with Gasteiger partial charge in [-0.3, -0.25) is 9.59 Å². The number of unbranched alkanes of at least 4 members (excludes halogenated alkanes) is 35. The number of allylic oxidation sites excluding steroid dienone is 18. The maximum atomic E-state index is 12.4. The van der Waals surface area contributed by atoms with Crippen LogP contribution in [0.1, 0.15) is 322 Å². The summed E-state index contributed by atoms with van der Waals surface area (Å²) in [6, 6.07) is 0. The zero-order valence-corrected chi connectivity index (χ0v) is 51.4. The number of aliphatic hydroxyl groups is 1. The number of ether oxygens (including phenoxy) is 2. The monoisotopic (exact) mass is 1080 g/mol. The summed E-state index contributed by atoms with van der Waals surface area (Å²) in [6.07, 6.45) is 98.1. The van der Waals surface area contributed by atoms with Crippen molar-refractivity contribution in [2.45, 2.75) is 328 Å². The third-order valence-corrected chi connectivity index (χ3v) is 14.6. The number of hydrogen-bond acceptors (Lipinski definition) is 5. The molecule has 78 heavy (non-hydrogen) atoms. The van der Waals surface area contributed by atoms with Crippen molar-refractivity contribution >= 4 is 11.9 Å². The van der Waals surface area contributed by atoms with Gasteiger partial charge in [0.1, 0.15) is 6.61 Å². The van der Waals surface area contributed by atoms with Crippen LogP contribution < -0.4 is 0 Å². The van der Waals surface area contributed by atoms with E-state index in [1.54, 1.807) is 0 Å². The fourth-order valence-electron chi connectivity index (χ4n) is 9.57. The molecule has 0 aliphatic carbocycles. The van der Waals surface area contributed by atoms with Gasteiger partial charge in [0.25, 0.3) is 0 Å². The summed E-state index contributed by atoms with van der Waals surface area (Å²) >= 11 is 0. The van der Waals surface area contributed by atoms with E-state index in [1.807, 2.05) is 0 Å². The number of carbonyl (C=O) groups excluding carboxylic acids is 2. The number of aliphatic hydroxyl groups excluding tert-OH is 1. The van der Waals surface area contributed by atoms with E-state index >= 15 is 0 Å². The largest absolute Gasteiger partial charge is 0.462 e. The number of carbonyl (C=O) groups is 2. The van der Waals surface area contributed by atoms with Crippen molar-refractivity contribution in [1.82, 2.24) is 0 Å². The Hall–Kier alpha value is -3.44. The molecule has 5 heteroatoms. The highest BCUT2D eigenvalue weighted by molar-refractivity contribution is 5.70. The van der Waals surface area contributed by atoms with E-state index in [4.69, 9.17) is 9.47 Å². The molecule has 0 radical (unpaired) electrons. The lowest BCUT2D eigenvalue weighted by Crippen LogP contribution is -2.28. The molecule has 0 saturated carbocycles. The van der Waals surface area contributed by atoms with Crippen LogP contribution >= 0.6 is 0 Å². The molecular weight excluding hydrogens is 957 g/mol. The van der Waals surface area contributed by atoms with E-state index in [9.17, 15) is 14.7 Å². The van der Waals surface area contributed by atoms with Gasteiger partial charge in [0.15, 0.2) is 6.10 Å². The van der Waals surface area contributed by atoms with E-state index in [2.05, 4.69) is 123 Å². The Kier molecular flexibility index (Phi) is 64.8. The van der Waals surface area contributed by atoms with E-state index in [0.717, 1.165) is 89.9 Å². The van der Waals surface area contributed by atoms with Crippen LogP contribution in [0.25, 0.3) is 0 Å². The summed E-state index contributed by atoms with van der Waals surface area (Å²) in [5, 5.41) is 9.69. The average molecular weight is 1080 g/mol. The molecule has 1 unspecified atom stereocenters. The molecule has 0 heterocycles. The van der Waals surface area contributed by atoms with Crippen LogP contribution in [0.3, 0.4) is 0 Å². The average Bonchev–Trinajstić information content (AvgIpc) is 3.44. The van der Waals surface area contributed by atoms with Crippen molar-refractivity contribution in [2.75, 3.05) is 13.2 Å². The van der Waals surface area contributed by atoms with Gasteiger partial charge < -0.3 is 14.6 Å². The first kappa shape index (κ1) is 74.6. The van der Waals surface area contributed by atoms with Gasteiger partial charge in [-0.05, 0) is 103 Å². The topological polar surface area (TPSA) is 72.8 Å². The predicted molar refractivity (Wildman–Crippen MR) is 343 cm³/mol. The van der Waals surface area contributed by atoms with Crippen LogP contribution in [0.2, 0.25) is 0 Å². The van der Waals surface area contributed by atoms with E-state index < -0.39 is 6.10 Å². The molecule has 0 aromatic carbocycles. The smallest absolute Gasteiger partial charge is 0.306 e. The third kappa shape index (κ3) is 65.1. The van der Waals surface area contributed by atoms with Crippen LogP contribution in [0.5, 0.6) is 0 Å². The fraction of sp³-hybridized carbons (Fsp3) is 0.726. The molecule has 0 amide bonds. The van der Waals surface area contributed by atoms with Crippen molar-refractivity contribution in [3.8, 4) is 0 Å². The normalized spacial score (nSPS) is 12.9. The highest BCUT2D eigenvalue weighted by Gasteiger charge is 2.16. The van der Waals surface area contributed by atoms with Gasteiger partial charge in [-0.2, -0.15) is 0 Å². The first-order valence-corrected chi connectivity index (χ1v) is 33.4. The number of hydrogen-bond donors (Lipinski definition) is 1. The summed E-state index contributed by atoms with van der Waals surface area (Å²) in [5.74, 6) is -0.582. The predicted octanol–water partition coefficient (Wildman–Crippen LogP) is 23.2. The standard InChI is InChI=1S/C73H126O5/c1-3-5-7-9-11-13-15-17-19-21-23-25-27-29-31-32-33-34-35-36-37-38-39-40-42-44-46-48-50-52-54-56-58-60-62-64-66-68-73(76)78-71(69-74)70-77-72(75)67-65-63-61-59-57-55-53-51-49-47-45-43-41-30-28-26-24-22-20-18-16-14-12-10-8-6-4-2/h5,7,11,13,16-19,22-25,29,31,33-34,36-37,71,74H,3-4,6,8-10,12,14-15,20-21,26-28,30,32,35,38-70H2,1-2H3/b7-5-,13-11-,18-16-,19-17-,24-22-,25-23-,31-29-,34-33-,37-36-. The lowest BCUT2D eigenvalue weighted by atomic mass is 10.0. The summed E-state index contributed by atoms with van der Waals surface area (Å²) in [7, 11) is 0. The second kappa shape index (κ2) is 67.8. The number of rotatable bonds is 61. The molecule has 0 aliphatic heterocycles. The second-order valence-electron chi connectivity index (χ2n) is 22.2. The molecule has 0 aliphatic rings. The molecule has 1 atom stereocenters. The maximum Gasteiger partial charge on any atom is 0.306 e. The molecule has 0 saturated heterocycles. The van der Waals surface area contributed by atoms with Gasteiger partial charge in [0.05, 0.1) is 6.61 Å². The highest BCUT2D eigenvalue weighted by atomic mass is 16.6. The van der Waals surface area contributed by atoms with Gasteiger partial charge in [-0.1, -0.05) is 316 Å². The van der Waals surface area contributed by atoms with Crippen LogP contribution in [-0.4, -0.2) is 36.4 Å². The van der Waals surface area contributed by atoms with Crippen molar-refractivity contribution in [2.24, 2.45) is 0 Å². The third-order valence-electron chi connectivity index (χ3n) is 14.6. The van der Waals surface area contributed by atoms with Crippen molar-refractivity contribution < 1.29 is 24.2 Å². The first-order chi connectivity index (χ1) is 38.6. The minimum Gasteiger partial charge on any atom is -0.462 e. The minimum absolute atomic E-state index is 0.0670.